The van der Waals surface area contributed by atoms with Crippen LogP contribution in [0.5, 0.6) is 0 Å². The average Bonchev–Trinajstić information content (AvgIpc) is 2.50. The Morgan fingerprint density at radius 2 is 2.35 bits per heavy atom. The molecule has 3 heteroatoms. The lowest BCUT2D eigenvalue weighted by Gasteiger charge is -2.11. The van der Waals surface area contributed by atoms with Gasteiger partial charge in [0.2, 0.25) is 0 Å². The van der Waals surface area contributed by atoms with Crippen molar-refractivity contribution in [2.75, 3.05) is 7.05 Å². The number of hydrogen-bond acceptors (Lipinski definition) is 2. The highest BCUT2D eigenvalue weighted by molar-refractivity contribution is 5.57. The Morgan fingerprint density at radius 3 is 2.94 bits per heavy atom. The summed E-state index contributed by atoms with van der Waals surface area (Å²) in [6.45, 7) is 4.29. The van der Waals surface area contributed by atoms with E-state index in [2.05, 4.69) is 42.4 Å². The standard InChI is InChI=1S/C14H21N3/c1-4-12-7-5-6-11(2)8-13(12)14(9-16-3)17-10-15/h5-7,9-10,16H,4,8H2,1-3H3,(H2,15,17)/b14-9+. The smallest absolute Gasteiger partial charge is 0.0861 e. The van der Waals surface area contributed by atoms with Crippen LogP contribution >= 0.6 is 0 Å². The topological polar surface area (TPSA) is 50.4 Å². The molecule has 1 rings (SSSR count). The molecule has 0 fully saturated rings. The van der Waals surface area contributed by atoms with Gasteiger partial charge in [0.25, 0.3) is 0 Å². The minimum atomic E-state index is 0.908. The van der Waals surface area contributed by atoms with E-state index in [0.29, 0.717) is 0 Å². The van der Waals surface area contributed by atoms with Crippen LogP contribution in [0.25, 0.3) is 0 Å². The number of nitrogens with zero attached hydrogens (tertiary/aromatic N) is 1. The van der Waals surface area contributed by atoms with E-state index in [9.17, 15) is 0 Å². The normalized spacial score (nSPS) is 17.4. The third kappa shape index (κ3) is 3.63. The minimum Gasteiger partial charge on any atom is -0.392 e. The summed E-state index contributed by atoms with van der Waals surface area (Å²) in [6.07, 6.45) is 11.5. The summed E-state index contributed by atoms with van der Waals surface area (Å²) in [5.41, 5.74) is 10.2. The maximum Gasteiger partial charge on any atom is 0.0861 e. The van der Waals surface area contributed by atoms with Gasteiger partial charge in [-0.05, 0) is 30.9 Å². The summed E-state index contributed by atoms with van der Waals surface area (Å²) in [5, 5.41) is 3.02. The molecule has 3 nitrogen and oxygen atoms in total. The van der Waals surface area contributed by atoms with Gasteiger partial charge in [-0.1, -0.05) is 30.7 Å². The second-order valence-electron chi connectivity index (χ2n) is 4.00. The lowest BCUT2D eigenvalue weighted by molar-refractivity contribution is 0.998. The van der Waals surface area contributed by atoms with Gasteiger partial charge in [0.05, 0.1) is 12.0 Å². The molecule has 0 amide bonds. The predicted octanol–water partition coefficient (Wildman–Crippen LogP) is 2.65. The fourth-order valence-corrected chi connectivity index (χ4v) is 1.89. The highest BCUT2D eigenvalue weighted by Gasteiger charge is 2.11. The summed E-state index contributed by atoms with van der Waals surface area (Å²) < 4.78 is 0. The van der Waals surface area contributed by atoms with E-state index in [1.165, 1.54) is 23.1 Å². The molecule has 0 aliphatic heterocycles. The highest BCUT2D eigenvalue weighted by Crippen LogP contribution is 2.27. The van der Waals surface area contributed by atoms with E-state index in [0.717, 1.165) is 18.5 Å². The predicted molar refractivity (Wildman–Crippen MR) is 74.7 cm³/mol. The van der Waals surface area contributed by atoms with E-state index < -0.39 is 0 Å². The Balaban J connectivity index is 3.20. The quantitative estimate of drug-likeness (QED) is 0.577. The second kappa shape index (κ2) is 6.74. The molecule has 0 bridgehead atoms. The third-order valence-corrected chi connectivity index (χ3v) is 2.71. The first-order chi connectivity index (χ1) is 8.22. The molecular formula is C14H21N3. The Morgan fingerprint density at radius 1 is 1.59 bits per heavy atom. The Bertz CT molecular complexity index is 409. The van der Waals surface area contributed by atoms with Gasteiger partial charge in [0.1, 0.15) is 0 Å². The van der Waals surface area contributed by atoms with Gasteiger partial charge >= 0.3 is 0 Å². The highest BCUT2D eigenvalue weighted by atomic mass is 14.9. The molecule has 0 spiro atoms. The van der Waals surface area contributed by atoms with Crippen molar-refractivity contribution in [2.24, 2.45) is 10.7 Å². The van der Waals surface area contributed by atoms with E-state index in [1.807, 2.05) is 13.2 Å². The zero-order chi connectivity index (χ0) is 12.7. The van der Waals surface area contributed by atoms with Crippen LogP contribution in [0, 0.1) is 0 Å². The Hall–Kier alpha value is -1.77. The van der Waals surface area contributed by atoms with E-state index in [-0.39, 0.29) is 0 Å². The van der Waals surface area contributed by atoms with Crippen molar-refractivity contribution in [1.82, 2.24) is 5.32 Å². The van der Waals surface area contributed by atoms with Gasteiger partial charge in [-0.2, -0.15) is 0 Å². The first-order valence-corrected chi connectivity index (χ1v) is 5.90. The largest absolute Gasteiger partial charge is 0.392 e. The van der Waals surface area contributed by atoms with Crippen LogP contribution in [-0.2, 0) is 0 Å². The second-order valence-corrected chi connectivity index (χ2v) is 4.00. The lowest BCUT2D eigenvalue weighted by atomic mass is 9.98. The van der Waals surface area contributed by atoms with Gasteiger partial charge in [0.15, 0.2) is 0 Å². The summed E-state index contributed by atoms with van der Waals surface area (Å²) in [4.78, 5) is 4.24. The number of allylic oxidation sites excluding steroid dienone is 6. The minimum absolute atomic E-state index is 0.908. The maximum absolute atomic E-state index is 5.41. The van der Waals surface area contributed by atoms with Crippen LogP contribution in [0.1, 0.15) is 26.7 Å². The van der Waals surface area contributed by atoms with Gasteiger partial charge in [0, 0.05) is 13.2 Å². The van der Waals surface area contributed by atoms with Crippen LogP contribution < -0.4 is 11.1 Å². The van der Waals surface area contributed by atoms with Crippen molar-refractivity contribution < 1.29 is 0 Å². The third-order valence-electron chi connectivity index (χ3n) is 2.71. The number of nitrogens with two attached hydrogens (primary N) is 1. The van der Waals surface area contributed by atoms with E-state index in [1.54, 1.807) is 0 Å². The Labute approximate surface area is 104 Å². The maximum atomic E-state index is 5.41. The Kier molecular flexibility index (Phi) is 5.27. The van der Waals surface area contributed by atoms with Crippen molar-refractivity contribution >= 4 is 6.34 Å². The molecule has 0 aromatic rings. The molecule has 0 radical (unpaired) electrons. The summed E-state index contributed by atoms with van der Waals surface area (Å²) in [6, 6.07) is 0. The van der Waals surface area contributed by atoms with Gasteiger partial charge < -0.3 is 11.1 Å². The molecule has 1 aliphatic rings. The fourth-order valence-electron chi connectivity index (χ4n) is 1.89. The van der Waals surface area contributed by atoms with Crippen LogP contribution in [0.4, 0.5) is 0 Å². The lowest BCUT2D eigenvalue weighted by Crippen LogP contribution is -2.02. The molecule has 0 aromatic carbocycles. The molecule has 0 aromatic heterocycles. The van der Waals surface area contributed by atoms with Crippen molar-refractivity contribution in [3.05, 3.63) is 46.8 Å². The molecule has 0 atom stereocenters. The van der Waals surface area contributed by atoms with Gasteiger partial charge in [-0.15, -0.1) is 0 Å². The molecular weight excluding hydrogens is 210 g/mol. The van der Waals surface area contributed by atoms with Gasteiger partial charge in [-0.3, -0.25) is 0 Å². The molecule has 0 unspecified atom stereocenters. The van der Waals surface area contributed by atoms with Crippen molar-refractivity contribution in [3.63, 3.8) is 0 Å². The molecule has 0 heterocycles. The number of hydrogen-bond donors (Lipinski definition) is 2. The molecule has 17 heavy (non-hydrogen) atoms. The number of rotatable bonds is 4. The zero-order valence-corrected chi connectivity index (χ0v) is 10.8. The van der Waals surface area contributed by atoms with E-state index >= 15 is 0 Å². The first kappa shape index (κ1) is 13.3. The summed E-state index contributed by atoms with van der Waals surface area (Å²) in [5.74, 6) is 0. The fraction of sp³-hybridized carbons (Fsp3) is 0.357. The van der Waals surface area contributed by atoms with Crippen LogP contribution in [0.2, 0.25) is 0 Å². The number of nitrogens with one attached hydrogen (secondary N) is 1. The SMILES string of the molecule is CCC1=C(/C(=C\NC)N=CN)CC(C)=CC=C1. The molecule has 0 saturated heterocycles. The molecule has 1 aliphatic carbocycles. The van der Waals surface area contributed by atoms with Crippen LogP contribution in [-0.4, -0.2) is 13.4 Å². The molecule has 92 valence electrons. The first-order valence-electron chi connectivity index (χ1n) is 5.90. The van der Waals surface area contributed by atoms with E-state index in [4.69, 9.17) is 5.73 Å². The van der Waals surface area contributed by atoms with Crippen LogP contribution in [0.3, 0.4) is 0 Å². The average molecular weight is 231 g/mol. The zero-order valence-electron chi connectivity index (χ0n) is 10.8. The van der Waals surface area contributed by atoms with Crippen molar-refractivity contribution in [1.29, 1.82) is 0 Å². The van der Waals surface area contributed by atoms with Crippen molar-refractivity contribution in [2.45, 2.75) is 26.7 Å². The number of aliphatic imine (C=N–C) groups is 1. The van der Waals surface area contributed by atoms with Gasteiger partial charge in [-0.25, -0.2) is 4.99 Å². The van der Waals surface area contributed by atoms with Crippen molar-refractivity contribution in [3.8, 4) is 0 Å². The summed E-state index contributed by atoms with van der Waals surface area (Å²) >= 11 is 0. The molecule has 0 saturated carbocycles. The summed E-state index contributed by atoms with van der Waals surface area (Å²) in [7, 11) is 1.87. The van der Waals surface area contributed by atoms with Crippen LogP contribution in [0.15, 0.2) is 51.8 Å². The monoisotopic (exact) mass is 231 g/mol. The molecule has 3 N–H and O–H groups in total.